The number of rotatable bonds is 3. The Labute approximate surface area is 89.6 Å². The minimum atomic E-state index is 0.209. The molecule has 1 heteroatoms. The van der Waals surface area contributed by atoms with E-state index in [9.17, 15) is 0 Å². The Kier molecular flexibility index (Phi) is 3.04. The second-order valence-corrected chi connectivity index (χ2v) is 5.45. The Morgan fingerprint density at radius 1 is 1.29 bits per heavy atom. The molecule has 0 nitrogen and oxygen atoms in total. The molecule has 2 unspecified atom stereocenters. The lowest BCUT2D eigenvalue weighted by Crippen LogP contribution is -2.12. The summed E-state index contributed by atoms with van der Waals surface area (Å²) < 4.78 is 0. The highest BCUT2D eigenvalue weighted by molar-refractivity contribution is 6.15. The zero-order valence-electron chi connectivity index (χ0n) is 9.17. The SMILES string of the molecule is [B]C1(CC2CCC(C=C)C2)CCCC1. The molecule has 0 bridgehead atoms. The molecule has 0 aliphatic heterocycles. The first-order valence-electron chi connectivity index (χ1n) is 6.13. The summed E-state index contributed by atoms with van der Waals surface area (Å²) in [6, 6.07) is 0. The molecule has 0 heterocycles. The van der Waals surface area contributed by atoms with Gasteiger partial charge in [-0.2, -0.15) is 0 Å². The van der Waals surface area contributed by atoms with Gasteiger partial charge in [0.2, 0.25) is 0 Å². The van der Waals surface area contributed by atoms with E-state index in [4.69, 9.17) is 7.85 Å². The summed E-state index contributed by atoms with van der Waals surface area (Å²) in [6.07, 6.45) is 12.7. The quantitative estimate of drug-likeness (QED) is 0.465. The van der Waals surface area contributed by atoms with Crippen LogP contribution >= 0.6 is 0 Å². The van der Waals surface area contributed by atoms with Gasteiger partial charge in [0.25, 0.3) is 0 Å². The smallest absolute Gasteiger partial charge is 0.0746 e. The number of hydrogen-bond acceptors (Lipinski definition) is 0. The number of hydrogen-bond donors (Lipinski definition) is 0. The minimum Gasteiger partial charge on any atom is -0.103 e. The second kappa shape index (κ2) is 4.12. The van der Waals surface area contributed by atoms with Crippen LogP contribution in [0.5, 0.6) is 0 Å². The van der Waals surface area contributed by atoms with Crippen molar-refractivity contribution in [3.63, 3.8) is 0 Å². The van der Waals surface area contributed by atoms with Crippen molar-refractivity contribution in [3.05, 3.63) is 12.7 Å². The van der Waals surface area contributed by atoms with Crippen LogP contribution < -0.4 is 0 Å². The van der Waals surface area contributed by atoms with E-state index >= 15 is 0 Å². The van der Waals surface area contributed by atoms with Gasteiger partial charge in [-0.1, -0.05) is 43.5 Å². The second-order valence-electron chi connectivity index (χ2n) is 5.45. The third kappa shape index (κ3) is 2.24. The van der Waals surface area contributed by atoms with E-state index in [1.54, 1.807) is 0 Å². The maximum Gasteiger partial charge on any atom is 0.0746 e. The molecule has 2 radical (unpaired) electrons. The summed E-state index contributed by atoms with van der Waals surface area (Å²) in [6.45, 7) is 3.90. The molecule has 2 aliphatic rings. The van der Waals surface area contributed by atoms with Crippen LogP contribution in [0.4, 0.5) is 0 Å². The van der Waals surface area contributed by atoms with Crippen LogP contribution in [0.25, 0.3) is 0 Å². The first-order valence-corrected chi connectivity index (χ1v) is 6.13. The normalized spacial score (nSPS) is 36.0. The molecule has 2 saturated carbocycles. The van der Waals surface area contributed by atoms with Crippen LogP contribution in [0.1, 0.15) is 51.4 Å². The molecule has 0 spiro atoms. The summed E-state index contributed by atoms with van der Waals surface area (Å²) >= 11 is 0. The average Bonchev–Trinajstić information content (AvgIpc) is 2.75. The summed E-state index contributed by atoms with van der Waals surface area (Å²) in [7, 11) is 6.40. The lowest BCUT2D eigenvalue weighted by atomic mass is 9.62. The molecule has 0 saturated heterocycles. The Hall–Kier alpha value is -0.195. The van der Waals surface area contributed by atoms with E-state index in [0.29, 0.717) is 0 Å². The highest BCUT2D eigenvalue weighted by Crippen LogP contribution is 2.50. The van der Waals surface area contributed by atoms with Gasteiger partial charge < -0.3 is 0 Å². The molecule has 0 aromatic heterocycles. The summed E-state index contributed by atoms with van der Waals surface area (Å²) in [4.78, 5) is 0. The van der Waals surface area contributed by atoms with Crippen molar-refractivity contribution in [2.24, 2.45) is 11.8 Å². The monoisotopic (exact) mass is 188 g/mol. The van der Waals surface area contributed by atoms with E-state index in [2.05, 4.69) is 12.7 Å². The molecule has 14 heavy (non-hydrogen) atoms. The van der Waals surface area contributed by atoms with Crippen molar-refractivity contribution in [1.82, 2.24) is 0 Å². The maximum atomic E-state index is 6.40. The van der Waals surface area contributed by atoms with Crippen molar-refractivity contribution in [2.45, 2.75) is 56.7 Å². The van der Waals surface area contributed by atoms with Gasteiger partial charge in [0.1, 0.15) is 0 Å². The molecule has 2 rings (SSSR count). The molecule has 2 fully saturated rings. The van der Waals surface area contributed by atoms with Crippen molar-refractivity contribution in [3.8, 4) is 0 Å². The maximum absolute atomic E-state index is 6.40. The average molecular weight is 188 g/mol. The van der Waals surface area contributed by atoms with Gasteiger partial charge in [-0.3, -0.25) is 0 Å². The molecule has 0 aromatic carbocycles. The largest absolute Gasteiger partial charge is 0.103 e. The lowest BCUT2D eigenvalue weighted by Gasteiger charge is -2.27. The van der Waals surface area contributed by atoms with Gasteiger partial charge >= 0.3 is 0 Å². The number of allylic oxidation sites excluding steroid dienone is 1. The predicted octanol–water partition coefficient (Wildman–Crippen LogP) is 3.88. The zero-order valence-corrected chi connectivity index (χ0v) is 9.17. The van der Waals surface area contributed by atoms with Crippen molar-refractivity contribution in [2.75, 3.05) is 0 Å². The van der Waals surface area contributed by atoms with Crippen LogP contribution in [0, 0.1) is 11.8 Å². The Bertz CT molecular complexity index is 203. The first kappa shape index (κ1) is 10.3. The summed E-state index contributed by atoms with van der Waals surface area (Å²) in [5.41, 5.74) is 0. The molecule has 2 atom stereocenters. The van der Waals surface area contributed by atoms with Crippen molar-refractivity contribution >= 4 is 7.85 Å². The third-order valence-corrected chi connectivity index (χ3v) is 4.21. The fourth-order valence-corrected chi connectivity index (χ4v) is 3.37. The predicted molar refractivity (Wildman–Crippen MR) is 62.6 cm³/mol. The molecule has 0 amide bonds. The van der Waals surface area contributed by atoms with Gasteiger partial charge in [0.15, 0.2) is 0 Å². The Balaban J connectivity index is 1.83. The summed E-state index contributed by atoms with van der Waals surface area (Å²) in [5.74, 6) is 1.67. The highest BCUT2D eigenvalue weighted by atomic mass is 14.4. The van der Waals surface area contributed by atoms with E-state index < -0.39 is 0 Å². The fourth-order valence-electron chi connectivity index (χ4n) is 3.37. The third-order valence-electron chi connectivity index (χ3n) is 4.21. The highest BCUT2D eigenvalue weighted by Gasteiger charge is 2.33. The Morgan fingerprint density at radius 2 is 2.00 bits per heavy atom. The van der Waals surface area contributed by atoms with Crippen LogP contribution in [-0.2, 0) is 0 Å². The summed E-state index contributed by atoms with van der Waals surface area (Å²) in [5, 5.41) is 0.209. The van der Waals surface area contributed by atoms with E-state index in [-0.39, 0.29) is 5.31 Å². The molecule has 2 aliphatic carbocycles. The standard InChI is InChI=1S/C13H21B/c1-2-11-5-6-12(9-11)10-13(14)7-3-4-8-13/h2,11-12H,1,3-10H2. The Morgan fingerprint density at radius 3 is 2.57 bits per heavy atom. The topological polar surface area (TPSA) is 0 Å². The molecule has 0 N–H and O–H groups in total. The fraction of sp³-hybridized carbons (Fsp3) is 0.846. The van der Waals surface area contributed by atoms with Crippen LogP contribution in [-0.4, -0.2) is 7.85 Å². The van der Waals surface area contributed by atoms with Gasteiger partial charge in [0.05, 0.1) is 7.85 Å². The van der Waals surface area contributed by atoms with Crippen LogP contribution in [0.15, 0.2) is 12.7 Å². The van der Waals surface area contributed by atoms with Crippen LogP contribution in [0.3, 0.4) is 0 Å². The lowest BCUT2D eigenvalue weighted by molar-refractivity contribution is 0.393. The van der Waals surface area contributed by atoms with Gasteiger partial charge in [-0.05, 0) is 31.1 Å². The van der Waals surface area contributed by atoms with Gasteiger partial charge in [0, 0.05) is 0 Å². The van der Waals surface area contributed by atoms with E-state index in [1.807, 2.05) is 0 Å². The zero-order chi connectivity index (χ0) is 10.0. The van der Waals surface area contributed by atoms with Crippen molar-refractivity contribution < 1.29 is 0 Å². The minimum absolute atomic E-state index is 0.209. The van der Waals surface area contributed by atoms with Gasteiger partial charge in [-0.15, -0.1) is 6.58 Å². The van der Waals surface area contributed by atoms with E-state index in [1.165, 1.54) is 51.4 Å². The van der Waals surface area contributed by atoms with Crippen LogP contribution in [0.2, 0.25) is 5.31 Å². The first-order chi connectivity index (χ1) is 6.72. The van der Waals surface area contributed by atoms with Crippen molar-refractivity contribution in [1.29, 1.82) is 0 Å². The van der Waals surface area contributed by atoms with Gasteiger partial charge in [-0.25, -0.2) is 0 Å². The van der Waals surface area contributed by atoms with E-state index in [0.717, 1.165) is 11.8 Å². The molecule has 76 valence electrons. The molecular formula is C13H21B. The molecule has 0 aromatic rings. The molecular weight excluding hydrogens is 167 g/mol.